The highest BCUT2D eigenvalue weighted by Gasteiger charge is 2.27. The van der Waals surface area contributed by atoms with Crippen molar-refractivity contribution < 1.29 is 4.79 Å². The van der Waals surface area contributed by atoms with Crippen LogP contribution in [0, 0.1) is 5.41 Å². The highest BCUT2D eigenvalue weighted by Crippen LogP contribution is 2.24. The molecule has 1 rings (SSSR count). The Morgan fingerprint density at radius 2 is 2.00 bits per heavy atom. The molecule has 0 spiro atoms. The van der Waals surface area contributed by atoms with Crippen LogP contribution in [0.3, 0.4) is 0 Å². The molecular weight excluding hydrogens is 280 g/mol. The Labute approximate surface area is 111 Å². The van der Waals surface area contributed by atoms with Crippen LogP contribution in [-0.2, 0) is 0 Å². The Morgan fingerprint density at radius 1 is 1.41 bits per heavy atom. The van der Waals surface area contributed by atoms with E-state index in [1.54, 1.807) is 23.2 Å². The van der Waals surface area contributed by atoms with Gasteiger partial charge in [-0.1, -0.05) is 20.8 Å². The molecule has 0 aliphatic rings. The van der Waals surface area contributed by atoms with E-state index in [1.165, 1.54) is 0 Å². The zero-order chi connectivity index (χ0) is 13.2. The fraction of sp³-hybridized carbons (Fsp3) is 0.538. The molecule has 94 valence electrons. The number of amides is 1. The standard InChI is InChI=1S/C13H19BrN2O/c1-9(13(2,3)4)16(5)12(17)10-6-7-11(14)15-8-10/h6-9H,1-5H3. The van der Waals surface area contributed by atoms with Gasteiger partial charge in [-0.25, -0.2) is 4.98 Å². The van der Waals surface area contributed by atoms with E-state index in [9.17, 15) is 4.79 Å². The molecule has 0 aliphatic carbocycles. The second kappa shape index (κ2) is 5.17. The molecule has 0 aromatic carbocycles. The average molecular weight is 299 g/mol. The summed E-state index contributed by atoms with van der Waals surface area (Å²) in [4.78, 5) is 18.1. The number of hydrogen-bond donors (Lipinski definition) is 0. The number of rotatable bonds is 2. The molecule has 1 aromatic heterocycles. The van der Waals surface area contributed by atoms with Gasteiger partial charge < -0.3 is 4.90 Å². The van der Waals surface area contributed by atoms with Gasteiger partial charge in [0.15, 0.2) is 0 Å². The molecule has 0 bridgehead atoms. The third-order valence-electron chi connectivity index (χ3n) is 3.13. The number of carbonyl (C=O) groups is 1. The lowest BCUT2D eigenvalue weighted by Gasteiger charge is -2.35. The molecule has 0 aliphatic heterocycles. The smallest absolute Gasteiger partial charge is 0.255 e. The first-order valence-electron chi connectivity index (χ1n) is 5.62. The Hall–Kier alpha value is -0.900. The summed E-state index contributed by atoms with van der Waals surface area (Å²) in [6.45, 7) is 8.44. The summed E-state index contributed by atoms with van der Waals surface area (Å²) in [5.41, 5.74) is 0.680. The summed E-state index contributed by atoms with van der Waals surface area (Å²) in [5, 5.41) is 0. The quantitative estimate of drug-likeness (QED) is 0.785. The third kappa shape index (κ3) is 3.53. The van der Waals surface area contributed by atoms with Gasteiger partial charge in [0.25, 0.3) is 5.91 Å². The van der Waals surface area contributed by atoms with Gasteiger partial charge in [0, 0.05) is 19.3 Å². The van der Waals surface area contributed by atoms with Crippen LogP contribution < -0.4 is 0 Å². The van der Waals surface area contributed by atoms with Crippen molar-refractivity contribution in [1.29, 1.82) is 0 Å². The Kier molecular flexibility index (Phi) is 4.31. The predicted octanol–water partition coefficient (Wildman–Crippen LogP) is 3.35. The minimum Gasteiger partial charge on any atom is -0.338 e. The average Bonchev–Trinajstić information content (AvgIpc) is 2.26. The van der Waals surface area contributed by atoms with Gasteiger partial charge in [-0.05, 0) is 40.4 Å². The van der Waals surface area contributed by atoms with Gasteiger partial charge in [0.2, 0.25) is 0 Å². The van der Waals surface area contributed by atoms with E-state index >= 15 is 0 Å². The van der Waals surface area contributed by atoms with Crippen molar-refractivity contribution >= 4 is 21.8 Å². The van der Waals surface area contributed by atoms with Crippen molar-refractivity contribution in [2.45, 2.75) is 33.7 Å². The first kappa shape index (κ1) is 14.2. The zero-order valence-electron chi connectivity index (χ0n) is 11.0. The number of pyridine rings is 1. The molecule has 1 atom stereocenters. The van der Waals surface area contributed by atoms with E-state index in [0.29, 0.717) is 5.56 Å². The fourth-order valence-corrected chi connectivity index (χ4v) is 1.70. The molecule has 0 saturated heterocycles. The maximum atomic E-state index is 12.2. The number of aromatic nitrogens is 1. The van der Waals surface area contributed by atoms with Crippen LogP contribution in [0.5, 0.6) is 0 Å². The van der Waals surface area contributed by atoms with E-state index in [-0.39, 0.29) is 17.4 Å². The van der Waals surface area contributed by atoms with Crippen LogP contribution >= 0.6 is 15.9 Å². The normalized spacial score (nSPS) is 13.3. The van der Waals surface area contributed by atoms with Gasteiger partial charge >= 0.3 is 0 Å². The van der Waals surface area contributed by atoms with Gasteiger partial charge in [-0.3, -0.25) is 4.79 Å². The second-order valence-corrected chi connectivity index (χ2v) is 6.14. The van der Waals surface area contributed by atoms with Crippen molar-refractivity contribution in [3.63, 3.8) is 0 Å². The lowest BCUT2D eigenvalue weighted by atomic mass is 9.87. The first-order chi connectivity index (χ1) is 7.73. The Bertz CT molecular complexity index is 395. The molecular formula is C13H19BrN2O. The Morgan fingerprint density at radius 3 is 2.41 bits per heavy atom. The molecule has 0 N–H and O–H groups in total. The van der Waals surface area contributed by atoms with Crippen LogP contribution in [0.4, 0.5) is 0 Å². The monoisotopic (exact) mass is 298 g/mol. The van der Waals surface area contributed by atoms with Gasteiger partial charge in [-0.2, -0.15) is 0 Å². The van der Waals surface area contributed by atoms with Crippen molar-refractivity contribution in [3.8, 4) is 0 Å². The van der Waals surface area contributed by atoms with Crippen LogP contribution in [0.1, 0.15) is 38.1 Å². The minimum absolute atomic E-state index is 0.00688. The summed E-state index contributed by atoms with van der Waals surface area (Å²) in [6, 6.07) is 3.73. The number of halogens is 1. The van der Waals surface area contributed by atoms with E-state index in [0.717, 1.165) is 4.60 Å². The second-order valence-electron chi connectivity index (χ2n) is 5.33. The van der Waals surface area contributed by atoms with Gasteiger partial charge in [0.1, 0.15) is 4.60 Å². The third-order valence-corrected chi connectivity index (χ3v) is 3.60. The highest BCUT2D eigenvalue weighted by atomic mass is 79.9. The molecule has 1 unspecified atom stereocenters. The van der Waals surface area contributed by atoms with Crippen molar-refractivity contribution in [2.75, 3.05) is 7.05 Å². The van der Waals surface area contributed by atoms with E-state index in [1.807, 2.05) is 7.05 Å². The van der Waals surface area contributed by atoms with E-state index in [2.05, 4.69) is 48.6 Å². The largest absolute Gasteiger partial charge is 0.338 e. The van der Waals surface area contributed by atoms with Gasteiger partial charge in [0.05, 0.1) is 5.56 Å². The fourth-order valence-electron chi connectivity index (χ4n) is 1.46. The lowest BCUT2D eigenvalue weighted by molar-refractivity contribution is 0.0629. The van der Waals surface area contributed by atoms with Crippen molar-refractivity contribution in [2.24, 2.45) is 5.41 Å². The van der Waals surface area contributed by atoms with Crippen LogP contribution in [0.15, 0.2) is 22.9 Å². The molecule has 1 amide bonds. The molecule has 0 radical (unpaired) electrons. The predicted molar refractivity (Wildman–Crippen MR) is 72.9 cm³/mol. The molecule has 1 heterocycles. The lowest BCUT2D eigenvalue weighted by Crippen LogP contribution is -2.42. The van der Waals surface area contributed by atoms with Crippen molar-refractivity contribution in [1.82, 2.24) is 9.88 Å². The SMILES string of the molecule is CC(N(C)C(=O)c1ccc(Br)nc1)C(C)(C)C. The van der Waals surface area contributed by atoms with Gasteiger partial charge in [-0.15, -0.1) is 0 Å². The zero-order valence-corrected chi connectivity index (χ0v) is 12.6. The van der Waals surface area contributed by atoms with Crippen LogP contribution in [0.25, 0.3) is 0 Å². The number of carbonyl (C=O) groups excluding carboxylic acids is 1. The topological polar surface area (TPSA) is 33.2 Å². The molecule has 0 fully saturated rings. The minimum atomic E-state index is 0.00688. The highest BCUT2D eigenvalue weighted by molar-refractivity contribution is 9.10. The summed E-state index contributed by atoms with van der Waals surface area (Å²) in [7, 11) is 1.83. The van der Waals surface area contributed by atoms with Crippen LogP contribution in [0.2, 0.25) is 0 Å². The molecule has 1 aromatic rings. The maximum absolute atomic E-state index is 12.2. The van der Waals surface area contributed by atoms with Crippen molar-refractivity contribution in [3.05, 3.63) is 28.5 Å². The summed E-state index contributed by atoms with van der Waals surface area (Å²) in [5.74, 6) is 0.00688. The molecule has 3 nitrogen and oxygen atoms in total. The van der Waals surface area contributed by atoms with E-state index in [4.69, 9.17) is 0 Å². The first-order valence-corrected chi connectivity index (χ1v) is 6.41. The molecule has 17 heavy (non-hydrogen) atoms. The molecule has 4 heteroatoms. The van der Waals surface area contributed by atoms with Crippen LogP contribution in [-0.4, -0.2) is 28.9 Å². The summed E-state index contributed by atoms with van der Waals surface area (Å²) < 4.78 is 0.737. The number of hydrogen-bond acceptors (Lipinski definition) is 2. The maximum Gasteiger partial charge on any atom is 0.255 e. The van der Waals surface area contributed by atoms with E-state index < -0.39 is 0 Å². The molecule has 0 saturated carbocycles. The number of nitrogens with zero attached hydrogens (tertiary/aromatic N) is 2. The summed E-state index contributed by atoms with van der Waals surface area (Å²) in [6.07, 6.45) is 1.60. The Balaban J connectivity index is 2.87. The summed E-state index contributed by atoms with van der Waals surface area (Å²) >= 11 is 3.26.